The summed E-state index contributed by atoms with van der Waals surface area (Å²) in [6.45, 7) is 0. The van der Waals surface area contributed by atoms with Gasteiger partial charge in [-0.1, -0.05) is 36.4 Å². The van der Waals surface area contributed by atoms with Gasteiger partial charge in [-0.3, -0.25) is 15.1 Å². The SMILES string of the molecule is O=C(Nc1c(O)cc(O)c(C2C([O-])C(c3c(O)cc(O)c(N=COOc4ccccc4)c3O)C2[O-])c1O)Oc1ccccc1. The number of benzene rings is 4. The fourth-order valence-corrected chi connectivity index (χ4v) is 4.89. The van der Waals surface area contributed by atoms with Gasteiger partial charge in [0.25, 0.3) is 0 Å². The van der Waals surface area contributed by atoms with Gasteiger partial charge in [0, 0.05) is 23.3 Å². The van der Waals surface area contributed by atoms with Crippen LogP contribution in [0.5, 0.6) is 46.0 Å². The quantitative estimate of drug-likeness (QED) is 0.0384. The molecule has 2 atom stereocenters. The smallest absolute Gasteiger partial charge is 0.417 e. The molecule has 4 aromatic rings. The topological polar surface area (TPSA) is 237 Å². The van der Waals surface area contributed by atoms with E-state index in [9.17, 15) is 45.6 Å². The minimum Gasteiger partial charge on any atom is -0.851 e. The molecule has 0 heterocycles. The van der Waals surface area contributed by atoms with Gasteiger partial charge in [0.1, 0.15) is 40.2 Å². The molecule has 4 aromatic carbocycles. The number of aliphatic imine (C=N–C) groups is 1. The van der Waals surface area contributed by atoms with Crippen molar-refractivity contribution in [2.45, 2.75) is 24.0 Å². The Labute approximate surface area is 248 Å². The molecule has 1 aliphatic rings. The van der Waals surface area contributed by atoms with Crippen LogP contribution in [-0.2, 0) is 4.89 Å². The highest BCUT2D eigenvalue weighted by atomic mass is 17.2. The lowest BCUT2D eigenvalue weighted by molar-refractivity contribution is -0.536. The van der Waals surface area contributed by atoms with Crippen LogP contribution in [0.2, 0.25) is 0 Å². The van der Waals surface area contributed by atoms with Crippen molar-refractivity contribution in [3.63, 3.8) is 0 Å². The average molecular weight is 605 g/mol. The monoisotopic (exact) mass is 604 g/mol. The molecule has 1 fully saturated rings. The number of aromatic hydroxyl groups is 6. The van der Waals surface area contributed by atoms with Gasteiger partial charge in [0.05, 0.1) is 0 Å². The zero-order valence-electron chi connectivity index (χ0n) is 22.4. The van der Waals surface area contributed by atoms with E-state index >= 15 is 0 Å². The number of anilines is 1. The zero-order chi connectivity index (χ0) is 31.5. The molecule has 7 N–H and O–H groups in total. The maximum atomic E-state index is 13.4. The van der Waals surface area contributed by atoms with Crippen molar-refractivity contribution in [2.75, 3.05) is 5.32 Å². The molecule has 0 aliphatic heterocycles. The number of carbonyl (C=O) groups excluding carboxylic acids is 1. The lowest BCUT2D eigenvalue weighted by atomic mass is 9.62. The summed E-state index contributed by atoms with van der Waals surface area (Å²) >= 11 is 0. The van der Waals surface area contributed by atoms with E-state index in [0.717, 1.165) is 18.5 Å². The Morgan fingerprint density at radius 2 is 1.25 bits per heavy atom. The number of nitrogens with one attached hydrogen (secondary N) is 1. The Hall–Kier alpha value is -5.86. The fourth-order valence-electron chi connectivity index (χ4n) is 4.89. The Morgan fingerprint density at radius 3 is 1.84 bits per heavy atom. The van der Waals surface area contributed by atoms with Crippen LogP contribution in [-0.4, -0.2) is 55.3 Å². The van der Waals surface area contributed by atoms with Crippen LogP contribution in [0.3, 0.4) is 0 Å². The first-order valence-electron chi connectivity index (χ1n) is 12.9. The van der Waals surface area contributed by atoms with E-state index in [2.05, 4.69) is 10.3 Å². The van der Waals surface area contributed by atoms with Crippen molar-refractivity contribution in [3.8, 4) is 46.0 Å². The predicted octanol–water partition coefficient (Wildman–Crippen LogP) is 2.54. The van der Waals surface area contributed by atoms with Crippen molar-refractivity contribution >= 4 is 23.9 Å². The normalized spacial score (nSPS) is 19.2. The molecule has 1 amide bonds. The summed E-state index contributed by atoms with van der Waals surface area (Å²) in [6, 6.07) is 17.6. The van der Waals surface area contributed by atoms with Gasteiger partial charge in [-0.25, -0.2) is 9.79 Å². The minimum atomic E-state index is -1.97. The number of hydrogen-bond acceptors (Lipinski definition) is 13. The van der Waals surface area contributed by atoms with Gasteiger partial charge in [0.2, 0.25) is 6.40 Å². The standard InChI is InChI=1S/C30H24N2O12/c33-16-11-18(35)24(31-13-42-44-15-9-5-2-6-10-15)28(39)20(16)22-26(37)23(27(22)38)21-17(34)12-19(36)25(29(21)40)32-30(41)43-14-7-3-1-4-8-14/h1-13,22-23,26-27,33-36,39-40H,(H,32,41)/q-2. The van der Waals surface area contributed by atoms with Crippen LogP contribution in [0, 0.1) is 0 Å². The number of carbonyl (C=O) groups is 1. The number of phenolic OH excluding ortho intramolecular Hbond substituents is 6. The molecule has 14 nitrogen and oxygen atoms in total. The summed E-state index contributed by atoms with van der Waals surface area (Å²) in [6.07, 6.45) is -4.36. The summed E-state index contributed by atoms with van der Waals surface area (Å²) in [7, 11) is 0. The van der Waals surface area contributed by atoms with E-state index < -0.39 is 87.1 Å². The average Bonchev–Trinajstić information content (AvgIpc) is 2.99. The number of rotatable bonds is 8. The maximum Gasteiger partial charge on any atom is 0.417 e. The Bertz CT molecular complexity index is 1690. The molecule has 1 aliphatic carbocycles. The second-order valence-electron chi connectivity index (χ2n) is 9.61. The second kappa shape index (κ2) is 12.2. The van der Waals surface area contributed by atoms with Gasteiger partial charge in [-0.05, 0) is 36.1 Å². The van der Waals surface area contributed by atoms with Crippen LogP contribution in [0.1, 0.15) is 23.0 Å². The van der Waals surface area contributed by atoms with Crippen molar-refractivity contribution in [3.05, 3.63) is 83.9 Å². The highest BCUT2D eigenvalue weighted by Crippen LogP contribution is 2.58. The second-order valence-corrected chi connectivity index (χ2v) is 9.61. The molecular formula is C30H24N2O12-2. The van der Waals surface area contributed by atoms with Gasteiger partial charge >= 0.3 is 6.09 Å². The van der Waals surface area contributed by atoms with Crippen LogP contribution in [0.15, 0.2) is 77.8 Å². The summed E-state index contributed by atoms with van der Waals surface area (Å²) < 4.78 is 5.06. The number of para-hydroxylation sites is 2. The molecule has 0 bridgehead atoms. The van der Waals surface area contributed by atoms with Crippen molar-refractivity contribution in [2.24, 2.45) is 4.99 Å². The third kappa shape index (κ3) is 5.62. The van der Waals surface area contributed by atoms with Crippen LogP contribution in [0.25, 0.3) is 0 Å². The molecule has 1 saturated carbocycles. The molecule has 2 unspecified atom stereocenters. The van der Waals surface area contributed by atoms with E-state index in [-0.39, 0.29) is 5.75 Å². The van der Waals surface area contributed by atoms with E-state index in [0.29, 0.717) is 5.75 Å². The van der Waals surface area contributed by atoms with Crippen LogP contribution < -0.4 is 25.2 Å². The highest BCUT2D eigenvalue weighted by Gasteiger charge is 2.44. The van der Waals surface area contributed by atoms with Gasteiger partial charge in [0.15, 0.2) is 17.2 Å². The Kier molecular flexibility index (Phi) is 8.19. The van der Waals surface area contributed by atoms with Crippen molar-refractivity contribution < 1.29 is 60.2 Å². The lowest BCUT2D eigenvalue weighted by Crippen LogP contribution is -2.63. The van der Waals surface area contributed by atoms with E-state index in [4.69, 9.17) is 14.5 Å². The maximum absolute atomic E-state index is 13.4. The molecule has 0 radical (unpaired) electrons. The number of ether oxygens (including phenoxy) is 1. The molecular weight excluding hydrogens is 580 g/mol. The first-order chi connectivity index (χ1) is 21.1. The van der Waals surface area contributed by atoms with Crippen molar-refractivity contribution in [1.82, 2.24) is 0 Å². The predicted molar refractivity (Wildman–Crippen MR) is 148 cm³/mol. The highest BCUT2D eigenvalue weighted by molar-refractivity contribution is 5.91. The van der Waals surface area contributed by atoms with Crippen LogP contribution >= 0.6 is 0 Å². The fraction of sp³-hybridized carbons (Fsp3) is 0.133. The number of amides is 1. The van der Waals surface area contributed by atoms with E-state index in [1.54, 1.807) is 48.5 Å². The van der Waals surface area contributed by atoms with Gasteiger partial charge < -0.3 is 45.6 Å². The minimum absolute atomic E-state index is 0.136. The zero-order valence-corrected chi connectivity index (χ0v) is 22.4. The molecule has 0 spiro atoms. The first-order valence-corrected chi connectivity index (χ1v) is 12.9. The van der Waals surface area contributed by atoms with Crippen molar-refractivity contribution in [1.29, 1.82) is 0 Å². The van der Waals surface area contributed by atoms with E-state index in [1.165, 1.54) is 12.1 Å². The number of nitrogens with zero attached hydrogens (tertiary/aromatic N) is 1. The summed E-state index contributed by atoms with van der Waals surface area (Å²) in [5.41, 5.74) is -2.28. The lowest BCUT2D eigenvalue weighted by Gasteiger charge is -2.61. The largest absolute Gasteiger partial charge is 0.851 e. The van der Waals surface area contributed by atoms with Gasteiger partial charge in [-0.2, -0.15) is 0 Å². The molecule has 5 rings (SSSR count). The molecule has 0 saturated heterocycles. The molecule has 14 heteroatoms. The summed E-state index contributed by atoms with van der Waals surface area (Å²) in [5, 5.41) is 91.9. The number of hydrogen-bond donors (Lipinski definition) is 7. The number of phenols is 6. The third-order valence-electron chi connectivity index (χ3n) is 6.94. The van der Waals surface area contributed by atoms with E-state index in [1.807, 2.05) is 0 Å². The summed E-state index contributed by atoms with van der Waals surface area (Å²) in [4.78, 5) is 25.9. The molecule has 0 aromatic heterocycles. The van der Waals surface area contributed by atoms with Crippen LogP contribution in [0.4, 0.5) is 16.2 Å². The van der Waals surface area contributed by atoms with Gasteiger partial charge in [-0.15, -0.1) is 12.2 Å². The first kappa shape index (κ1) is 29.6. The third-order valence-corrected chi connectivity index (χ3v) is 6.94. The summed E-state index contributed by atoms with van der Waals surface area (Å²) in [5.74, 6) is -7.79. The Balaban J connectivity index is 1.38. The Morgan fingerprint density at radius 1 is 0.727 bits per heavy atom. The molecule has 44 heavy (non-hydrogen) atoms. The molecule has 228 valence electrons.